The number of furan rings is 1. The largest absolute Gasteiger partial charge is 0.456 e. The van der Waals surface area contributed by atoms with Crippen molar-refractivity contribution in [3.05, 3.63) is 23.2 Å². The Bertz CT molecular complexity index is 625. The zero-order chi connectivity index (χ0) is 18.1. The van der Waals surface area contributed by atoms with Crippen LogP contribution in [0.3, 0.4) is 0 Å². The van der Waals surface area contributed by atoms with Crippen molar-refractivity contribution in [2.75, 3.05) is 6.54 Å². The number of hydrogen-bond acceptors (Lipinski definition) is 3. The molecule has 1 N–H and O–H groups in total. The van der Waals surface area contributed by atoms with Crippen LogP contribution in [-0.2, 0) is 11.2 Å². The molecule has 1 aliphatic rings. The number of likely N-dealkylation sites (tertiary alicyclic amines) is 1. The number of halogens is 3. The predicted octanol–water partition coefficient (Wildman–Crippen LogP) is 2.82. The Kier molecular flexibility index (Phi) is 5.25. The highest BCUT2D eigenvalue weighted by Gasteiger charge is 2.47. The lowest BCUT2D eigenvalue weighted by molar-refractivity contribution is -0.196. The predicted molar refractivity (Wildman–Crippen MR) is 80.5 cm³/mol. The summed E-state index contributed by atoms with van der Waals surface area (Å²) >= 11 is 0. The van der Waals surface area contributed by atoms with Gasteiger partial charge in [-0.25, -0.2) is 0 Å². The van der Waals surface area contributed by atoms with Crippen molar-refractivity contribution in [2.24, 2.45) is 0 Å². The molecular formula is C16H21F3N2O3. The van der Waals surface area contributed by atoms with Crippen molar-refractivity contribution < 1.29 is 27.2 Å². The molecule has 0 aromatic carbocycles. The van der Waals surface area contributed by atoms with Crippen LogP contribution in [0.2, 0.25) is 0 Å². The number of amides is 2. The highest BCUT2D eigenvalue weighted by Crippen LogP contribution is 2.32. The molecule has 2 rings (SSSR count). The maximum Gasteiger partial charge on any atom is 0.408 e. The Hall–Kier alpha value is -1.99. The number of aryl methyl sites for hydroxylation is 2. The first-order valence-corrected chi connectivity index (χ1v) is 7.87. The quantitative estimate of drug-likeness (QED) is 0.915. The van der Waals surface area contributed by atoms with E-state index in [-0.39, 0.29) is 25.1 Å². The van der Waals surface area contributed by atoms with Crippen LogP contribution in [0, 0.1) is 6.92 Å². The van der Waals surface area contributed by atoms with Crippen LogP contribution in [0.15, 0.2) is 10.5 Å². The van der Waals surface area contributed by atoms with Crippen molar-refractivity contribution in [1.82, 2.24) is 10.2 Å². The topological polar surface area (TPSA) is 62.6 Å². The van der Waals surface area contributed by atoms with Crippen LogP contribution in [0.5, 0.6) is 0 Å². The first kappa shape index (κ1) is 18.4. The Morgan fingerprint density at radius 1 is 1.38 bits per heavy atom. The lowest BCUT2D eigenvalue weighted by atomic mass is 9.97. The first-order valence-electron chi connectivity index (χ1n) is 7.87. The minimum atomic E-state index is -4.46. The van der Waals surface area contributed by atoms with Gasteiger partial charge in [0.05, 0.1) is 0 Å². The second-order valence-electron chi connectivity index (χ2n) is 6.05. The van der Waals surface area contributed by atoms with Gasteiger partial charge in [0.2, 0.25) is 5.91 Å². The van der Waals surface area contributed by atoms with E-state index in [2.05, 4.69) is 5.32 Å². The van der Waals surface area contributed by atoms with Crippen LogP contribution in [0.4, 0.5) is 13.2 Å². The van der Waals surface area contributed by atoms with E-state index in [9.17, 15) is 22.8 Å². The Balaban J connectivity index is 2.05. The molecule has 1 aromatic heterocycles. The highest BCUT2D eigenvalue weighted by atomic mass is 19.4. The molecule has 24 heavy (non-hydrogen) atoms. The monoisotopic (exact) mass is 346 g/mol. The van der Waals surface area contributed by atoms with Gasteiger partial charge in [-0.2, -0.15) is 13.2 Å². The Labute approximate surface area is 138 Å². The Morgan fingerprint density at radius 3 is 2.54 bits per heavy atom. The summed E-state index contributed by atoms with van der Waals surface area (Å²) in [5, 5.41) is 2.66. The van der Waals surface area contributed by atoms with E-state index in [0.717, 1.165) is 17.4 Å². The van der Waals surface area contributed by atoms with Gasteiger partial charge in [0.15, 0.2) is 5.76 Å². The summed E-state index contributed by atoms with van der Waals surface area (Å²) in [5.41, 5.74) is 0.855. The minimum absolute atomic E-state index is 0.136. The van der Waals surface area contributed by atoms with Crippen LogP contribution >= 0.6 is 0 Å². The van der Waals surface area contributed by atoms with E-state index >= 15 is 0 Å². The summed E-state index contributed by atoms with van der Waals surface area (Å²) in [7, 11) is 0. The maximum absolute atomic E-state index is 13.0. The molecule has 0 aliphatic carbocycles. The van der Waals surface area contributed by atoms with E-state index in [0.29, 0.717) is 12.2 Å². The summed E-state index contributed by atoms with van der Waals surface area (Å²) in [6, 6.07) is -0.714. The summed E-state index contributed by atoms with van der Waals surface area (Å²) < 4.78 is 44.4. The van der Waals surface area contributed by atoms with E-state index in [1.54, 1.807) is 6.07 Å². The van der Waals surface area contributed by atoms with Gasteiger partial charge in [-0.1, -0.05) is 6.92 Å². The summed E-state index contributed by atoms with van der Waals surface area (Å²) in [4.78, 5) is 24.5. The molecule has 1 saturated heterocycles. The standard InChI is InChI=1S/C16H21F3N2O3/c1-4-12-9(2)7-13(24-12)15(23)20-11-5-6-14(16(17,18)19)21(8-11)10(3)22/h7,11,14H,4-6,8H2,1-3H3,(H,20,23). The van der Waals surface area contributed by atoms with Gasteiger partial charge < -0.3 is 14.6 Å². The number of nitrogens with zero attached hydrogens (tertiary/aromatic N) is 1. The average molecular weight is 346 g/mol. The fraction of sp³-hybridized carbons (Fsp3) is 0.625. The zero-order valence-electron chi connectivity index (χ0n) is 13.9. The molecule has 8 heteroatoms. The second-order valence-corrected chi connectivity index (χ2v) is 6.05. The molecule has 5 nitrogen and oxygen atoms in total. The van der Waals surface area contributed by atoms with Crippen molar-refractivity contribution >= 4 is 11.8 Å². The normalized spacial score (nSPS) is 21.7. The minimum Gasteiger partial charge on any atom is -0.456 e. The molecule has 0 bridgehead atoms. The lowest BCUT2D eigenvalue weighted by Gasteiger charge is -2.40. The molecule has 1 fully saturated rings. The molecular weight excluding hydrogens is 325 g/mol. The SMILES string of the molecule is CCc1oc(C(=O)NC2CCC(C(F)(F)F)N(C(C)=O)C2)cc1C. The fourth-order valence-corrected chi connectivity index (χ4v) is 3.02. The number of alkyl halides is 3. The van der Waals surface area contributed by atoms with Gasteiger partial charge in [-0.15, -0.1) is 0 Å². The van der Waals surface area contributed by atoms with E-state index in [1.807, 2.05) is 13.8 Å². The van der Waals surface area contributed by atoms with Crippen LogP contribution < -0.4 is 5.32 Å². The van der Waals surface area contributed by atoms with Gasteiger partial charge in [0.25, 0.3) is 5.91 Å². The number of nitrogens with one attached hydrogen (secondary N) is 1. The molecule has 134 valence electrons. The number of hydrogen-bond donors (Lipinski definition) is 1. The molecule has 2 amide bonds. The smallest absolute Gasteiger partial charge is 0.408 e. The van der Waals surface area contributed by atoms with E-state index in [1.165, 1.54) is 0 Å². The fourth-order valence-electron chi connectivity index (χ4n) is 3.02. The molecule has 0 spiro atoms. The molecule has 2 atom stereocenters. The van der Waals surface area contributed by atoms with Crippen molar-refractivity contribution in [3.8, 4) is 0 Å². The van der Waals surface area contributed by atoms with E-state index in [4.69, 9.17) is 4.42 Å². The molecule has 2 heterocycles. The van der Waals surface area contributed by atoms with Crippen LogP contribution in [-0.4, -0.2) is 41.5 Å². The summed E-state index contributed by atoms with van der Waals surface area (Å²) in [6.07, 6.45) is -3.89. The van der Waals surface area contributed by atoms with Crippen molar-refractivity contribution in [3.63, 3.8) is 0 Å². The maximum atomic E-state index is 13.0. The molecule has 2 unspecified atom stereocenters. The van der Waals surface area contributed by atoms with Gasteiger partial charge in [-0.05, 0) is 31.4 Å². The number of carbonyl (C=O) groups is 2. The number of carbonyl (C=O) groups excluding carboxylic acids is 2. The molecule has 0 saturated carbocycles. The van der Waals surface area contributed by atoms with Crippen molar-refractivity contribution in [2.45, 2.75) is 58.3 Å². The first-order chi connectivity index (χ1) is 11.1. The zero-order valence-corrected chi connectivity index (χ0v) is 13.9. The average Bonchev–Trinajstić information content (AvgIpc) is 2.87. The number of piperidine rings is 1. The third-order valence-corrected chi connectivity index (χ3v) is 4.26. The van der Waals surface area contributed by atoms with Gasteiger partial charge in [-0.3, -0.25) is 9.59 Å². The summed E-state index contributed by atoms with van der Waals surface area (Å²) in [5.74, 6) is -0.293. The van der Waals surface area contributed by atoms with Gasteiger partial charge in [0, 0.05) is 25.9 Å². The number of rotatable bonds is 3. The van der Waals surface area contributed by atoms with Crippen molar-refractivity contribution in [1.29, 1.82) is 0 Å². The highest BCUT2D eigenvalue weighted by molar-refractivity contribution is 5.92. The lowest BCUT2D eigenvalue weighted by Crippen LogP contribution is -2.57. The second kappa shape index (κ2) is 6.86. The summed E-state index contributed by atoms with van der Waals surface area (Å²) in [6.45, 7) is 4.67. The van der Waals surface area contributed by atoms with Gasteiger partial charge >= 0.3 is 6.18 Å². The van der Waals surface area contributed by atoms with Crippen LogP contribution in [0.1, 0.15) is 48.6 Å². The van der Waals surface area contributed by atoms with Crippen LogP contribution in [0.25, 0.3) is 0 Å². The third kappa shape index (κ3) is 3.91. The van der Waals surface area contributed by atoms with Gasteiger partial charge in [0.1, 0.15) is 11.8 Å². The molecule has 0 radical (unpaired) electrons. The molecule has 1 aromatic rings. The van der Waals surface area contributed by atoms with E-state index < -0.39 is 30.1 Å². The third-order valence-electron chi connectivity index (χ3n) is 4.26. The molecule has 1 aliphatic heterocycles. The Morgan fingerprint density at radius 2 is 2.04 bits per heavy atom.